The third-order valence-electron chi connectivity index (χ3n) is 2.64. The maximum atomic E-state index is 11.6. The van der Waals surface area contributed by atoms with Gasteiger partial charge in [0.2, 0.25) is 5.89 Å². The van der Waals surface area contributed by atoms with Crippen molar-refractivity contribution < 1.29 is 17.7 Å². The minimum atomic E-state index is -2.98. The van der Waals surface area contributed by atoms with Gasteiger partial charge in [-0.1, -0.05) is 5.16 Å². The molecule has 1 aromatic heterocycles. The van der Waals surface area contributed by atoms with Crippen molar-refractivity contribution in [3.8, 4) is 0 Å². The Morgan fingerprint density at radius 3 is 2.94 bits per heavy atom. The Labute approximate surface area is 93.0 Å². The second-order valence-electron chi connectivity index (χ2n) is 3.81. The van der Waals surface area contributed by atoms with E-state index in [1.54, 1.807) is 0 Å². The molecule has 88 valence electrons. The van der Waals surface area contributed by atoms with Crippen LogP contribution in [0.1, 0.15) is 24.6 Å². The number of aromatic nitrogens is 2. The Hall–Kier alpha value is -1.24. The Bertz CT molecular complexity index is 479. The molecule has 16 heavy (non-hydrogen) atoms. The van der Waals surface area contributed by atoms with Crippen LogP contribution in [0.4, 0.5) is 0 Å². The number of nitrogens with zero attached hydrogens (tertiary/aromatic N) is 2. The lowest BCUT2D eigenvalue weighted by molar-refractivity contribution is -0.107. The van der Waals surface area contributed by atoms with E-state index < -0.39 is 15.1 Å². The van der Waals surface area contributed by atoms with Crippen LogP contribution in [0, 0.1) is 0 Å². The second-order valence-corrected chi connectivity index (χ2v) is 6.21. The maximum Gasteiger partial charge on any atom is 0.233 e. The van der Waals surface area contributed by atoms with E-state index >= 15 is 0 Å². The number of carbonyl (C=O) groups excluding carboxylic acids is 1. The summed E-state index contributed by atoms with van der Waals surface area (Å²) >= 11 is 0. The molecule has 1 aromatic rings. The van der Waals surface area contributed by atoms with Gasteiger partial charge in [-0.2, -0.15) is 4.98 Å². The minimum Gasteiger partial charge on any atom is -0.339 e. The normalized spacial score (nSPS) is 23.4. The largest absolute Gasteiger partial charge is 0.339 e. The van der Waals surface area contributed by atoms with Crippen molar-refractivity contribution in [2.24, 2.45) is 0 Å². The highest BCUT2D eigenvalue weighted by molar-refractivity contribution is 7.92. The number of hydrogen-bond acceptors (Lipinski definition) is 6. The predicted octanol–water partition coefficient (Wildman–Crippen LogP) is -0.0693. The molecule has 1 aliphatic rings. The molecule has 0 saturated carbocycles. The molecule has 1 saturated heterocycles. The molecule has 2 rings (SSSR count). The van der Waals surface area contributed by atoms with Crippen LogP contribution in [0.25, 0.3) is 0 Å². The smallest absolute Gasteiger partial charge is 0.233 e. The zero-order chi connectivity index (χ0) is 11.6. The molecule has 1 fully saturated rings. The molecule has 6 nitrogen and oxygen atoms in total. The minimum absolute atomic E-state index is 0.0738. The SMILES string of the molecule is O=CCc1nc(CC2CCCS2(=O)=O)no1. The van der Waals surface area contributed by atoms with Gasteiger partial charge in [-0.3, -0.25) is 0 Å². The summed E-state index contributed by atoms with van der Waals surface area (Å²) < 4.78 is 27.9. The summed E-state index contributed by atoms with van der Waals surface area (Å²) in [6.07, 6.45) is 2.38. The van der Waals surface area contributed by atoms with E-state index in [1.807, 2.05) is 0 Å². The Morgan fingerprint density at radius 2 is 2.31 bits per heavy atom. The number of carbonyl (C=O) groups is 1. The Kier molecular flexibility index (Phi) is 3.04. The fourth-order valence-electron chi connectivity index (χ4n) is 1.82. The highest BCUT2D eigenvalue weighted by Gasteiger charge is 2.32. The molecule has 0 amide bonds. The second kappa shape index (κ2) is 4.32. The van der Waals surface area contributed by atoms with Gasteiger partial charge in [0.15, 0.2) is 15.7 Å². The first-order chi connectivity index (χ1) is 7.62. The fourth-order valence-corrected chi connectivity index (χ4v) is 3.65. The lowest BCUT2D eigenvalue weighted by Gasteiger charge is -2.04. The van der Waals surface area contributed by atoms with Crippen molar-refractivity contribution in [3.05, 3.63) is 11.7 Å². The summed E-state index contributed by atoms with van der Waals surface area (Å²) in [5, 5.41) is 3.26. The molecule has 7 heteroatoms. The topological polar surface area (TPSA) is 90.1 Å². The van der Waals surface area contributed by atoms with Gasteiger partial charge in [0.25, 0.3) is 0 Å². The summed E-state index contributed by atoms with van der Waals surface area (Å²) in [4.78, 5) is 14.2. The van der Waals surface area contributed by atoms with Gasteiger partial charge >= 0.3 is 0 Å². The van der Waals surface area contributed by atoms with E-state index in [1.165, 1.54) is 0 Å². The van der Waals surface area contributed by atoms with Crippen molar-refractivity contribution in [1.29, 1.82) is 0 Å². The van der Waals surface area contributed by atoms with Crippen LogP contribution in [0.5, 0.6) is 0 Å². The van der Waals surface area contributed by atoms with Crippen LogP contribution < -0.4 is 0 Å². The lowest BCUT2D eigenvalue weighted by Crippen LogP contribution is -2.19. The summed E-state index contributed by atoms with van der Waals surface area (Å²) in [5.74, 6) is 0.851. The van der Waals surface area contributed by atoms with Gasteiger partial charge in [-0.15, -0.1) is 0 Å². The van der Waals surface area contributed by atoms with Gasteiger partial charge in [0.1, 0.15) is 6.29 Å². The first-order valence-electron chi connectivity index (χ1n) is 5.08. The van der Waals surface area contributed by atoms with Gasteiger partial charge in [0.05, 0.1) is 17.4 Å². The molecule has 0 radical (unpaired) electrons. The van der Waals surface area contributed by atoms with Crippen LogP contribution in [-0.2, 0) is 27.5 Å². The lowest BCUT2D eigenvalue weighted by atomic mass is 10.2. The van der Waals surface area contributed by atoms with Gasteiger partial charge < -0.3 is 9.32 Å². The third kappa shape index (κ3) is 2.29. The molecule has 1 unspecified atom stereocenters. The van der Waals surface area contributed by atoms with Crippen LogP contribution in [0.3, 0.4) is 0 Å². The van der Waals surface area contributed by atoms with E-state index in [9.17, 15) is 13.2 Å². The molecule has 1 atom stereocenters. The van der Waals surface area contributed by atoms with Crippen molar-refractivity contribution in [2.45, 2.75) is 30.9 Å². The van der Waals surface area contributed by atoms with Gasteiger partial charge in [0, 0.05) is 6.42 Å². The van der Waals surface area contributed by atoms with Crippen molar-refractivity contribution in [3.63, 3.8) is 0 Å². The first kappa shape index (κ1) is 11.3. The molecule has 0 aliphatic carbocycles. The molecule has 0 aromatic carbocycles. The summed E-state index contributed by atoms with van der Waals surface area (Å²) in [5.41, 5.74) is 0. The van der Waals surface area contributed by atoms with Crippen LogP contribution in [-0.4, -0.2) is 35.8 Å². The number of sulfone groups is 1. The van der Waals surface area contributed by atoms with Crippen molar-refractivity contribution in [1.82, 2.24) is 10.1 Å². The molecule has 0 spiro atoms. The van der Waals surface area contributed by atoms with E-state index in [2.05, 4.69) is 10.1 Å². The molecular formula is C9H12N2O4S. The van der Waals surface area contributed by atoms with E-state index in [-0.39, 0.29) is 24.5 Å². The molecule has 1 aliphatic heterocycles. The third-order valence-corrected chi connectivity index (χ3v) is 4.92. The highest BCUT2D eigenvalue weighted by atomic mass is 32.2. The molecular weight excluding hydrogens is 232 g/mol. The average molecular weight is 244 g/mol. The zero-order valence-electron chi connectivity index (χ0n) is 8.63. The Morgan fingerprint density at radius 1 is 1.50 bits per heavy atom. The summed E-state index contributed by atoms with van der Waals surface area (Å²) in [6, 6.07) is 0. The molecule has 2 heterocycles. The quantitative estimate of drug-likeness (QED) is 0.689. The molecule has 0 N–H and O–H groups in total. The highest BCUT2D eigenvalue weighted by Crippen LogP contribution is 2.22. The Balaban J connectivity index is 2.06. The van der Waals surface area contributed by atoms with Gasteiger partial charge in [-0.05, 0) is 12.8 Å². The van der Waals surface area contributed by atoms with E-state index in [0.29, 0.717) is 25.0 Å². The van der Waals surface area contributed by atoms with Crippen LogP contribution in [0.2, 0.25) is 0 Å². The van der Waals surface area contributed by atoms with Gasteiger partial charge in [-0.25, -0.2) is 8.42 Å². The fraction of sp³-hybridized carbons (Fsp3) is 0.667. The zero-order valence-corrected chi connectivity index (χ0v) is 9.44. The average Bonchev–Trinajstić information content (AvgIpc) is 2.76. The molecule has 0 bridgehead atoms. The number of aldehydes is 1. The number of hydrogen-bond donors (Lipinski definition) is 0. The van der Waals surface area contributed by atoms with Crippen molar-refractivity contribution >= 4 is 16.1 Å². The monoisotopic (exact) mass is 244 g/mol. The first-order valence-corrected chi connectivity index (χ1v) is 6.80. The maximum absolute atomic E-state index is 11.6. The summed E-state index contributed by atoms with van der Waals surface area (Å²) in [6.45, 7) is 0. The predicted molar refractivity (Wildman–Crippen MR) is 54.6 cm³/mol. The van der Waals surface area contributed by atoms with E-state index in [4.69, 9.17) is 4.52 Å². The number of rotatable bonds is 4. The summed E-state index contributed by atoms with van der Waals surface area (Å²) in [7, 11) is -2.98. The van der Waals surface area contributed by atoms with E-state index in [0.717, 1.165) is 0 Å². The standard InChI is InChI=1S/C9H12N2O4S/c12-4-3-9-10-8(11-15-9)6-7-2-1-5-16(7,13)14/h4,7H,1-3,5-6H2. The van der Waals surface area contributed by atoms with Crippen LogP contribution >= 0.6 is 0 Å². The van der Waals surface area contributed by atoms with Crippen molar-refractivity contribution in [2.75, 3.05) is 5.75 Å². The van der Waals surface area contributed by atoms with Crippen LogP contribution in [0.15, 0.2) is 4.52 Å².